The number of nitrogens with zero attached hydrogens (tertiary/aromatic N) is 1. The molecular formula is C11H14FN3. The van der Waals surface area contributed by atoms with Crippen LogP contribution in [0.2, 0.25) is 0 Å². The summed E-state index contributed by atoms with van der Waals surface area (Å²) in [5.41, 5.74) is 7.04. The number of aromatic amines is 1. The fraction of sp³-hybridized carbons (Fsp3) is 0.364. The van der Waals surface area contributed by atoms with E-state index in [1.165, 1.54) is 6.07 Å². The summed E-state index contributed by atoms with van der Waals surface area (Å²) in [5, 5.41) is 6.90. The first-order chi connectivity index (χ1) is 6.89. The third-order valence-corrected chi connectivity index (χ3v) is 2.51. The van der Waals surface area contributed by atoms with Crippen molar-refractivity contribution in [3.63, 3.8) is 0 Å². The Morgan fingerprint density at radius 1 is 1.33 bits per heavy atom. The zero-order valence-corrected chi connectivity index (χ0v) is 9.06. The summed E-state index contributed by atoms with van der Waals surface area (Å²) in [6.07, 6.45) is 0. The van der Waals surface area contributed by atoms with Crippen LogP contribution in [0.5, 0.6) is 0 Å². The van der Waals surface area contributed by atoms with E-state index in [-0.39, 0.29) is 17.1 Å². The summed E-state index contributed by atoms with van der Waals surface area (Å²) in [5.74, 6) is -0.105. The Bertz CT molecular complexity index is 508. The lowest BCUT2D eigenvalue weighted by molar-refractivity contribution is 0.577. The van der Waals surface area contributed by atoms with Crippen LogP contribution >= 0.6 is 0 Å². The number of nitrogen functional groups attached to an aromatic ring is 1. The van der Waals surface area contributed by atoms with E-state index in [4.69, 9.17) is 5.73 Å². The summed E-state index contributed by atoms with van der Waals surface area (Å²) < 4.78 is 13.7. The summed E-state index contributed by atoms with van der Waals surface area (Å²) in [6, 6.07) is 3.41. The lowest BCUT2D eigenvalue weighted by atomic mass is 9.86. The number of H-pyrrole nitrogens is 1. The van der Waals surface area contributed by atoms with Crippen LogP contribution in [-0.4, -0.2) is 10.2 Å². The average molecular weight is 207 g/mol. The van der Waals surface area contributed by atoms with Crippen LogP contribution in [0.1, 0.15) is 26.3 Å². The minimum atomic E-state index is -0.316. The summed E-state index contributed by atoms with van der Waals surface area (Å²) >= 11 is 0. The normalized spacial score (nSPS) is 12.3. The van der Waals surface area contributed by atoms with Gasteiger partial charge >= 0.3 is 0 Å². The van der Waals surface area contributed by atoms with Gasteiger partial charge in [0.1, 0.15) is 5.82 Å². The van der Waals surface area contributed by atoms with Crippen molar-refractivity contribution in [1.82, 2.24) is 10.2 Å². The van der Waals surface area contributed by atoms with E-state index in [1.54, 1.807) is 0 Å². The molecule has 2 rings (SSSR count). The largest absolute Gasteiger partial charge is 0.382 e. The van der Waals surface area contributed by atoms with Gasteiger partial charge in [0.25, 0.3) is 0 Å². The monoisotopic (exact) mass is 207 g/mol. The molecule has 0 aliphatic rings. The van der Waals surface area contributed by atoms with Gasteiger partial charge in [-0.15, -0.1) is 0 Å². The molecule has 0 aliphatic carbocycles. The van der Waals surface area contributed by atoms with Gasteiger partial charge in [-0.3, -0.25) is 5.10 Å². The molecular weight excluding hydrogens is 193 g/mol. The molecule has 3 nitrogen and oxygen atoms in total. The maximum atomic E-state index is 13.7. The molecule has 0 saturated carbocycles. The second kappa shape index (κ2) is 2.95. The molecule has 1 aromatic carbocycles. The van der Waals surface area contributed by atoms with Crippen LogP contribution < -0.4 is 5.73 Å². The Hall–Kier alpha value is -1.58. The molecule has 1 heterocycles. The number of rotatable bonds is 0. The van der Waals surface area contributed by atoms with Crippen LogP contribution in [0.25, 0.3) is 10.9 Å². The van der Waals surface area contributed by atoms with Crippen LogP contribution in [0, 0.1) is 5.82 Å². The number of halogens is 1. The molecule has 0 radical (unpaired) electrons. The van der Waals surface area contributed by atoms with Crippen molar-refractivity contribution in [2.75, 3.05) is 5.73 Å². The van der Waals surface area contributed by atoms with E-state index in [9.17, 15) is 4.39 Å². The van der Waals surface area contributed by atoms with E-state index in [0.717, 1.165) is 5.56 Å². The number of hydrogen-bond donors (Lipinski definition) is 2. The van der Waals surface area contributed by atoms with E-state index in [2.05, 4.69) is 10.2 Å². The third kappa shape index (κ3) is 1.56. The van der Waals surface area contributed by atoms with Crippen molar-refractivity contribution in [3.05, 3.63) is 23.5 Å². The number of nitrogens with two attached hydrogens (primary N) is 1. The minimum absolute atomic E-state index is 0.0884. The number of anilines is 1. The average Bonchev–Trinajstić information content (AvgIpc) is 2.46. The van der Waals surface area contributed by atoms with Crippen molar-refractivity contribution in [2.24, 2.45) is 0 Å². The molecule has 0 atom stereocenters. The van der Waals surface area contributed by atoms with Crippen LogP contribution in [0.15, 0.2) is 12.1 Å². The first kappa shape index (κ1) is 9.96. The second-order valence-corrected chi connectivity index (χ2v) is 4.74. The fourth-order valence-electron chi connectivity index (χ4n) is 1.56. The van der Waals surface area contributed by atoms with Crippen molar-refractivity contribution < 1.29 is 4.39 Å². The highest BCUT2D eigenvalue weighted by Gasteiger charge is 2.18. The van der Waals surface area contributed by atoms with Crippen LogP contribution in [0.3, 0.4) is 0 Å². The number of hydrogen-bond acceptors (Lipinski definition) is 2. The molecule has 2 aromatic rings. The van der Waals surface area contributed by atoms with Gasteiger partial charge in [-0.05, 0) is 23.1 Å². The van der Waals surface area contributed by atoms with Gasteiger partial charge in [-0.25, -0.2) is 4.39 Å². The Morgan fingerprint density at radius 3 is 2.60 bits per heavy atom. The predicted octanol–water partition coefficient (Wildman–Crippen LogP) is 2.58. The van der Waals surface area contributed by atoms with Crippen molar-refractivity contribution in [1.29, 1.82) is 0 Å². The predicted molar refractivity (Wildman–Crippen MR) is 59.2 cm³/mol. The van der Waals surface area contributed by atoms with Gasteiger partial charge < -0.3 is 5.73 Å². The molecule has 0 bridgehead atoms. The van der Waals surface area contributed by atoms with E-state index in [1.807, 2.05) is 26.8 Å². The lowest BCUT2D eigenvalue weighted by Crippen LogP contribution is -2.11. The highest BCUT2D eigenvalue weighted by molar-refractivity contribution is 5.89. The number of benzene rings is 1. The second-order valence-electron chi connectivity index (χ2n) is 4.74. The molecule has 0 amide bonds. The van der Waals surface area contributed by atoms with Crippen molar-refractivity contribution >= 4 is 16.7 Å². The Labute approximate surface area is 87.5 Å². The molecule has 15 heavy (non-hydrogen) atoms. The van der Waals surface area contributed by atoms with Crippen LogP contribution in [-0.2, 0) is 5.41 Å². The van der Waals surface area contributed by atoms with Gasteiger partial charge in [-0.2, -0.15) is 5.10 Å². The standard InChI is InChI=1S/C11H14FN3/c1-11(2,3)6-4-7(12)9-8(5-6)14-15-10(9)13/h4-5H,1-3H3,(H3,13,14,15). The molecule has 1 aromatic heterocycles. The summed E-state index contributed by atoms with van der Waals surface area (Å²) in [4.78, 5) is 0. The zero-order valence-electron chi connectivity index (χ0n) is 9.06. The quantitative estimate of drug-likeness (QED) is 0.697. The Balaban J connectivity index is 2.74. The first-order valence-corrected chi connectivity index (χ1v) is 4.83. The van der Waals surface area contributed by atoms with Gasteiger partial charge in [0.05, 0.1) is 10.9 Å². The van der Waals surface area contributed by atoms with E-state index in [0.29, 0.717) is 10.9 Å². The highest BCUT2D eigenvalue weighted by Crippen LogP contribution is 2.29. The molecule has 80 valence electrons. The number of fused-ring (bicyclic) bond motifs is 1. The molecule has 0 fully saturated rings. The molecule has 3 N–H and O–H groups in total. The highest BCUT2D eigenvalue weighted by atomic mass is 19.1. The Kier molecular flexibility index (Phi) is 1.96. The van der Waals surface area contributed by atoms with Gasteiger partial charge in [-0.1, -0.05) is 20.8 Å². The molecule has 4 heteroatoms. The SMILES string of the molecule is CC(C)(C)c1cc(F)c2c(N)n[nH]c2c1. The topological polar surface area (TPSA) is 54.7 Å². The summed E-state index contributed by atoms with van der Waals surface area (Å²) in [6.45, 7) is 6.11. The lowest BCUT2D eigenvalue weighted by Gasteiger charge is -2.19. The maximum absolute atomic E-state index is 13.7. The minimum Gasteiger partial charge on any atom is -0.382 e. The maximum Gasteiger partial charge on any atom is 0.156 e. The number of aromatic nitrogens is 2. The summed E-state index contributed by atoms with van der Waals surface area (Å²) in [7, 11) is 0. The third-order valence-electron chi connectivity index (χ3n) is 2.51. The molecule has 0 unspecified atom stereocenters. The Morgan fingerprint density at radius 2 is 2.00 bits per heavy atom. The van der Waals surface area contributed by atoms with Crippen molar-refractivity contribution in [2.45, 2.75) is 26.2 Å². The molecule has 0 saturated heterocycles. The van der Waals surface area contributed by atoms with E-state index >= 15 is 0 Å². The fourth-order valence-corrected chi connectivity index (χ4v) is 1.56. The van der Waals surface area contributed by atoms with Crippen LogP contribution in [0.4, 0.5) is 10.2 Å². The van der Waals surface area contributed by atoms with Crippen molar-refractivity contribution in [3.8, 4) is 0 Å². The molecule has 0 aliphatic heterocycles. The molecule has 0 spiro atoms. The smallest absolute Gasteiger partial charge is 0.156 e. The van der Waals surface area contributed by atoms with E-state index < -0.39 is 0 Å². The van der Waals surface area contributed by atoms with Gasteiger partial charge in [0.2, 0.25) is 0 Å². The first-order valence-electron chi connectivity index (χ1n) is 4.83. The zero-order chi connectivity index (χ0) is 11.2. The van der Waals surface area contributed by atoms with Gasteiger partial charge in [0, 0.05) is 0 Å². The van der Waals surface area contributed by atoms with Gasteiger partial charge in [0.15, 0.2) is 5.82 Å². The number of nitrogens with one attached hydrogen (secondary N) is 1.